The molecule has 0 saturated heterocycles. The van der Waals surface area contributed by atoms with Crippen LogP contribution in [0.5, 0.6) is 0 Å². The molecule has 0 unspecified atom stereocenters. The van der Waals surface area contributed by atoms with Crippen LogP contribution in [0.1, 0.15) is 12.5 Å². The molecule has 0 bridgehead atoms. The Balaban J connectivity index is 2.13. The molecule has 0 aliphatic rings. The molecule has 0 spiro atoms. The van der Waals surface area contributed by atoms with Gasteiger partial charge in [0, 0.05) is 22.7 Å². The van der Waals surface area contributed by atoms with Crippen molar-refractivity contribution in [2.75, 3.05) is 0 Å². The minimum Gasteiger partial charge on any atom is -0.355 e. The molecule has 0 fully saturated rings. The van der Waals surface area contributed by atoms with E-state index in [1.54, 1.807) is 13.0 Å². The van der Waals surface area contributed by atoms with Crippen LogP contribution in [0.25, 0.3) is 27.7 Å². The van der Waals surface area contributed by atoms with Crippen LogP contribution in [-0.4, -0.2) is 9.91 Å². The molecule has 25 heavy (non-hydrogen) atoms. The smallest absolute Gasteiger partial charge is 0.276 e. The summed E-state index contributed by atoms with van der Waals surface area (Å²) in [5.74, 6) is 0. The molecule has 1 heterocycles. The highest BCUT2D eigenvalue weighted by Gasteiger charge is 2.15. The molecule has 124 valence electrons. The number of hydrogen-bond donors (Lipinski definition) is 1. The first-order valence-electron chi connectivity index (χ1n) is 7.96. The Labute approximate surface area is 146 Å². The summed E-state index contributed by atoms with van der Waals surface area (Å²) in [7, 11) is 0. The summed E-state index contributed by atoms with van der Waals surface area (Å²) in [6, 6.07) is 17.8. The van der Waals surface area contributed by atoms with E-state index in [0.29, 0.717) is 5.57 Å². The normalized spacial score (nSPS) is 12.4. The molecule has 3 rings (SSSR count). The summed E-state index contributed by atoms with van der Waals surface area (Å²) in [5, 5.41) is 12.4. The highest BCUT2D eigenvalue weighted by atomic mass is 16.6. The van der Waals surface area contributed by atoms with Gasteiger partial charge in [-0.25, -0.2) is 0 Å². The lowest BCUT2D eigenvalue weighted by Gasteiger charge is -2.03. The van der Waals surface area contributed by atoms with Gasteiger partial charge in [-0.05, 0) is 36.2 Å². The number of benzene rings is 2. The van der Waals surface area contributed by atoms with Crippen LogP contribution in [0, 0.1) is 10.1 Å². The second-order valence-corrected chi connectivity index (χ2v) is 5.61. The van der Waals surface area contributed by atoms with E-state index in [1.807, 2.05) is 48.5 Å². The lowest BCUT2D eigenvalue weighted by molar-refractivity contribution is -0.417. The minimum absolute atomic E-state index is 0.0377. The Kier molecular flexibility index (Phi) is 4.61. The van der Waals surface area contributed by atoms with Crippen molar-refractivity contribution in [3.8, 4) is 11.3 Å². The summed E-state index contributed by atoms with van der Waals surface area (Å²) in [5.41, 5.74) is 4.41. The molecular formula is C21H18N2O2. The first kappa shape index (κ1) is 16.5. The lowest BCUT2D eigenvalue weighted by Crippen LogP contribution is -1.99. The van der Waals surface area contributed by atoms with Gasteiger partial charge in [0.25, 0.3) is 5.70 Å². The molecule has 1 aromatic heterocycles. The molecule has 1 N–H and O–H groups in total. The molecule has 2 aromatic carbocycles. The fourth-order valence-electron chi connectivity index (χ4n) is 2.85. The maximum atomic E-state index is 11.4. The van der Waals surface area contributed by atoms with Crippen LogP contribution in [0.3, 0.4) is 0 Å². The summed E-state index contributed by atoms with van der Waals surface area (Å²) >= 11 is 0. The number of fused-ring (bicyclic) bond motifs is 1. The highest BCUT2D eigenvalue weighted by molar-refractivity contribution is 5.90. The van der Waals surface area contributed by atoms with Crippen LogP contribution in [-0.2, 0) is 0 Å². The molecule has 0 amide bonds. The van der Waals surface area contributed by atoms with E-state index in [1.165, 1.54) is 12.2 Å². The first-order chi connectivity index (χ1) is 12.1. The second-order valence-electron chi connectivity index (χ2n) is 5.61. The second kappa shape index (κ2) is 7.01. The number of H-pyrrole nitrogens is 1. The fraction of sp³-hybridized carbons (Fsp3) is 0.0476. The molecule has 4 heteroatoms. The number of aromatic nitrogens is 1. The lowest BCUT2D eigenvalue weighted by atomic mass is 10.0. The molecule has 4 nitrogen and oxygen atoms in total. The number of nitro groups is 1. The number of rotatable bonds is 5. The van der Waals surface area contributed by atoms with E-state index >= 15 is 0 Å². The van der Waals surface area contributed by atoms with Gasteiger partial charge < -0.3 is 4.98 Å². The van der Waals surface area contributed by atoms with Crippen LogP contribution >= 0.6 is 0 Å². The molecule has 3 aromatic rings. The SMILES string of the molecule is C=C/C(=C(\C=C/C)[N+](=O)[O-])c1ccc2[nH]c(-c3ccccc3)cc2c1. The number of nitrogens with one attached hydrogen (secondary N) is 1. The van der Waals surface area contributed by atoms with Gasteiger partial charge in [-0.3, -0.25) is 10.1 Å². The number of hydrogen-bond acceptors (Lipinski definition) is 2. The van der Waals surface area contributed by atoms with E-state index in [0.717, 1.165) is 27.7 Å². The summed E-state index contributed by atoms with van der Waals surface area (Å²) in [6.07, 6.45) is 4.68. The van der Waals surface area contributed by atoms with Crippen molar-refractivity contribution in [3.05, 3.63) is 101 Å². The van der Waals surface area contributed by atoms with Gasteiger partial charge in [0.1, 0.15) is 0 Å². The van der Waals surface area contributed by atoms with Crippen molar-refractivity contribution < 1.29 is 4.92 Å². The van der Waals surface area contributed by atoms with Crippen molar-refractivity contribution in [2.45, 2.75) is 6.92 Å². The summed E-state index contributed by atoms with van der Waals surface area (Å²) in [6.45, 7) is 5.51. The number of nitrogens with zero attached hydrogens (tertiary/aromatic N) is 1. The van der Waals surface area contributed by atoms with Crippen LogP contribution in [0.4, 0.5) is 0 Å². The zero-order chi connectivity index (χ0) is 17.8. The summed E-state index contributed by atoms with van der Waals surface area (Å²) < 4.78 is 0. The predicted molar refractivity (Wildman–Crippen MR) is 103 cm³/mol. The maximum absolute atomic E-state index is 11.4. The first-order valence-corrected chi connectivity index (χ1v) is 7.96. The van der Waals surface area contributed by atoms with Crippen LogP contribution in [0.15, 0.2) is 85.1 Å². The fourth-order valence-corrected chi connectivity index (χ4v) is 2.85. The Hall–Kier alpha value is -3.40. The van der Waals surface area contributed by atoms with Crippen molar-refractivity contribution in [3.63, 3.8) is 0 Å². The Morgan fingerprint density at radius 3 is 2.56 bits per heavy atom. The zero-order valence-electron chi connectivity index (χ0n) is 13.9. The standard InChI is InChI=1S/C21H18N2O2/c1-3-8-21(23(24)25)18(4-2)16-11-12-19-17(13-16)14-20(22-19)15-9-6-5-7-10-15/h3-14,22H,2H2,1H3/b8-3-,21-18-. The van der Waals surface area contributed by atoms with E-state index in [2.05, 4.69) is 17.6 Å². The van der Waals surface area contributed by atoms with Crippen LogP contribution < -0.4 is 0 Å². The quantitative estimate of drug-likeness (QED) is 0.377. The topological polar surface area (TPSA) is 58.9 Å². The third-order valence-electron chi connectivity index (χ3n) is 4.02. The predicted octanol–water partition coefficient (Wildman–Crippen LogP) is 5.58. The van der Waals surface area contributed by atoms with E-state index in [4.69, 9.17) is 0 Å². The van der Waals surface area contributed by atoms with Gasteiger partial charge in [0.05, 0.1) is 10.5 Å². The van der Waals surface area contributed by atoms with Crippen molar-refractivity contribution in [2.24, 2.45) is 0 Å². The molecule has 0 aliphatic heterocycles. The van der Waals surface area contributed by atoms with Gasteiger partial charge in [-0.1, -0.05) is 55.1 Å². The van der Waals surface area contributed by atoms with Gasteiger partial charge in [-0.2, -0.15) is 0 Å². The van der Waals surface area contributed by atoms with Crippen LogP contribution in [0.2, 0.25) is 0 Å². The van der Waals surface area contributed by atoms with Gasteiger partial charge in [0.15, 0.2) is 0 Å². The monoisotopic (exact) mass is 330 g/mol. The number of allylic oxidation sites excluding steroid dienone is 4. The largest absolute Gasteiger partial charge is 0.355 e. The van der Waals surface area contributed by atoms with Gasteiger partial charge in [0.2, 0.25) is 0 Å². The molecular weight excluding hydrogens is 312 g/mol. The third kappa shape index (κ3) is 3.28. The Bertz CT molecular complexity index is 995. The van der Waals surface area contributed by atoms with Crippen molar-refractivity contribution >= 4 is 16.5 Å². The number of aromatic amines is 1. The Morgan fingerprint density at radius 1 is 1.16 bits per heavy atom. The molecule has 0 atom stereocenters. The van der Waals surface area contributed by atoms with Gasteiger partial charge in [-0.15, -0.1) is 0 Å². The third-order valence-corrected chi connectivity index (χ3v) is 4.02. The van der Waals surface area contributed by atoms with E-state index < -0.39 is 0 Å². The molecule has 0 saturated carbocycles. The zero-order valence-corrected chi connectivity index (χ0v) is 13.9. The summed E-state index contributed by atoms with van der Waals surface area (Å²) in [4.78, 5) is 14.4. The molecule has 0 radical (unpaired) electrons. The minimum atomic E-state index is -0.381. The van der Waals surface area contributed by atoms with Gasteiger partial charge >= 0.3 is 0 Å². The maximum Gasteiger partial charge on any atom is 0.276 e. The van der Waals surface area contributed by atoms with Crippen molar-refractivity contribution in [1.82, 2.24) is 4.98 Å². The van der Waals surface area contributed by atoms with Crippen molar-refractivity contribution in [1.29, 1.82) is 0 Å². The highest BCUT2D eigenvalue weighted by Crippen LogP contribution is 2.28. The van der Waals surface area contributed by atoms with E-state index in [9.17, 15) is 10.1 Å². The van der Waals surface area contributed by atoms with E-state index in [-0.39, 0.29) is 10.6 Å². The Morgan fingerprint density at radius 2 is 1.92 bits per heavy atom. The molecule has 0 aliphatic carbocycles. The average molecular weight is 330 g/mol. The average Bonchev–Trinajstić information content (AvgIpc) is 3.05.